The van der Waals surface area contributed by atoms with Crippen LogP contribution in [0.4, 0.5) is 20.2 Å². The van der Waals surface area contributed by atoms with Crippen molar-refractivity contribution in [1.29, 1.82) is 0 Å². The van der Waals surface area contributed by atoms with Gasteiger partial charge in [0.2, 0.25) is 0 Å². The van der Waals surface area contributed by atoms with E-state index in [9.17, 15) is 8.78 Å². The molecule has 0 bridgehead atoms. The first-order chi connectivity index (χ1) is 54.9. The van der Waals surface area contributed by atoms with Crippen LogP contribution < -0.4 is 28.7 Å². The van der Waals surface area contributed by atoms with Gasteiger partial charge >= 0.3 is 0 Å². The second-order valence-corrected chi connectivity index (χ2v) is 29.0. The third-order valence-electron chi connectivity index (χ3n) is 18.3. The van der Waals surface area contributed by atoms with E-state index in [1.165, 1.54) is 42.4 Å². The van der Waals surface area contributed by atoms with E-state index in [2.05, 4.69) is 172 Å². The standard InChI is InChI=1S/C18H20N3O2.C17H18N3.C15H17N2O2.C15H13N2S.C14H11N2S.C13H11F2N2.4Ir/c1-12-10-21(3)19-18(12)13-9-14(20(2)11-13)17-15(22-4)7-6-8-16(17)23-5;1-12-6-5-7-13(2)16(12)15-10-18-17(20(15)4)14-8-9-19(3)11-14;1-17(2)11-7-8-16-14(9-11)13-6-5-12(18-3)10-15(13)19-4;1-11-8-13(14-9-17(2)10-16-14)15(18-11)12-6-4-3-5-7-12;1-16-9-8-15-14(16)12-7-10-17-13(12)11-5-3-2-4-6-11;1-17(2)10-5-6-16-13(8-10)11-4-3-9(14)7-12(11)15;;;;/h6-10H,1-5H3;5-10H,1-4H3;5,7-10H,1-4H3;3-7,9-10H,1-2H3;2-6,8-10H,1H3;3,5-8H,1-2H3;;;;/q6*-1;;;;. The predicted molar refractivity (Wildman–Crippen MR) is 456 cm³/mol. The molecular formula is C92H90F2Ir4N14O4S2-6. The number of hydrogen-bond acceptors (Lipinski definition) is 14. The zero-order valence-electron chi connectivity index (χ0n) is 68.6. The average Bonchev–Trinajstić information content (AvgIpc) is 1.70. The molecule has 0 aliphatic rings. The van der Waals surface area contributed by atoms with Crippen molar-refractivity contribution in [3.05, 3.63) is 289 Å². The van der Waals surface area contributed by atoms with Crippen molar-refractivity contribution >= 4 is 34.0 Å². The van der Waals surface area contributed by atoms with Crippen LogP contribution in [0.3, 0.4) is 0 Å². The predicted octanol–water partition coefficient (Wildman–Crippen LogP) is 19.8. The first kappa shape index (κ1) is 94.8. The molecule has 0 saturated carbocycles. The van der Waals surface area contributed by atoms with Crippen molar-refractivity contribution < 1.29 is 108 Å². The van der Waals surface area contributed by atoms with Crippen molar-refractivity contribution in [3.63, 3.8) is 0 Å². The molecule has 4 radical (unpaired) electrons. The fraction of sp³-hybridized carbons (Fsp3) is 0.196. The van der Waals surface area contributed by atoms with Crippen LogP contribution in [0.2, 0.25) is 0 Å². The summed E-state index contributed by atoms with van der Waals surface area (Å²) in [6.45, 7) is 8.42. The topological polar surface area (TPSA) is 150 Å². The van der Waals surface area contributed by atoms with Gasteiger partial charge in [-0.1, -0.05) is 175 Å². The van der Waals surface area contributed by atoms with Gasteiger partial charge in [-0.3, -0.25) is 18.4 Å². The summed E-state index contributed by atoms with van der Waals surface area (Å²) in [7, 11) is 26.2. The summed E-state index contributed by atoms with van der Waals surface area (Å²) in [6.07, 6.45) is 23.5. The Morgan fingerprint density at radius 1 is 0.483 bits per heavy atom. The van der Waals surface area contributed by atoms with Crippen LogP contribution >= 0.6 is 22.7 Å². The minimum Gasteiger partial charge on any atom is -0.540 e. The summed E-state index contributed by atoms with van der Waals surface area (Å²) >= 11 is 3.47. The first-order valence-electron chi connectivity index (χ1n) is 36.3. The van der Waals surface area contributed by atoms with Gasteiger partial charge in [0.25, 0.3) is 0 Å². The van der Waals surface area contributed by atoms with Crippen LogP contribution in [-0.2, 0) is 123 Å². The Labute approximate surface area is 752 Å². The molecule has 0 fully saturated rings. The van der Waals surface area contributed by atoms with Gasteiger partial charge in [0.1, 0.15) is 11.5 Å². The van der Waals surface area contributed by atoms with Gasteiger partial charge in [-0.15, -0.1) is 53.2 Å². The molecule has 0 aliphatic carbocycles. The number of hydrogen-bond donors (Lipinski definition) is 0. The Morgan fingerprint density at radius 2 is 1.08 bits per heavy atom. The fourth-order valence-electron chi connectivity index (χ4n) is 12.6. The third-order valence-corrected chi connectivity index (χ3v) is 20.3. The van der Waals surface area contributed by atoms with Gasteiger partial charge in [-0.2, -0.15) is 18.2 Å². The number of thiophene rings is 2. The normalized spacial score (nSPS) is 10.3. The van der Waals surface area contributed by atoms with Crippen molar-refractivity contribution in [2.75, 3.05) is 66.4 Å². The molecule has 0 amide bonds. The van der Waals surface area contributed by atoms with Crippen molar-refractivity contribution in [2.45, 2.75) is 27.7 Å². The number of aromatic nitrogens is 12. The fourth-order valence-corrected chi connectivity index (χ4v) is 14.4. The molecule has 620 valence electrons. The van der Waals surface area contributed by atoms with Crippen LogP contribution in [0.15, 0.2) is 219 Å². The number of methoxy groups -OCH3 is 4. The molecule has 0 spiro atoms. The van der Waals surface area contributed by atoms with Gasteiger partial charge in [0.15, 0.2) is 0 Å². The Hall–Kier alpha value is -10.3. The van der Waals surface area contributed by atoms with Crippen LogP contribution in [-0.4, -0.2) is 114 Å². The molecule has 10 heterocycles. The van der Waals surface area contributed by atoms with Crippen LogP contribution in [0.25, 0.3) is 111 Å². The van der Waals surface area contributed by atoms with E-state index < -0.39 is 11.6 Å². The zero-order chi connectivity index (χ0) is 81.3. The monoisotopic (exact) mass is 2330 g/mol. The minimum absolute atomic E-state index is 0. The Morgan fingerprint density at radius 3 is 1.62 bits per heavy atom. The zero-order valence-corrected chi connectivity index (χ0v) is 79.8. The molecule has 18 nitrogen and oxygen atoms in total. The number of halogens is 2. The molecule has 26 heteroatoms. The summed E-state index contributed by atoms with van der Waals surface area (Å²) < 4.78 is 59.7. The maximum atomic E-state index is 13.5. The molecule has 118 heavy (non-hydrogen) atoms. The van der Waals surface area contributed by atoms with Crippen LogP contribution in [0.1, 0.15) is 21.6 Å². The third kappa shape index (κ3) is 23.4. The van der Waals surface area contributed by atoms with E-state index in [1.54, 1.807) is 75.6 Å². The average molecular weight is 2330 g/mol. The summed E-state index contributed by atoms with van der Waals surface area (Å²) in [5.41, 5.74) is 20.7. The van der Waals surface area contributed by atoms with Crippen molar-refractivity contribution in [3.8, 4) is 134 Å². The van der Waals surface area contributed by atoms with Gasteiger partial charge in [-0.05, 0) is 113 Å². The SMILES string of the molecule is CN(C)c1ccnc(-c2[c-]cc(F)cc2F)c1.COc1c[c-]c(-c2cc(N(C)C)ccn2)c(OC)c1.COc1cccc(OC)c1-c1cc(-c2nn(C)cc2C)[c-]n1C.Cc1[c-]c(-c2cn(C)cn2)c(-c2ccccc2)s1.Cc1cccc(C)c1-c1cnc(-c2[c-]n(C)cc2)n1C.Cn1ccnc1-c1[c-]csc1-c1ccccc1.[Ir].[Ir].[Ir].[Ir]. The molecular weight excluding hydrogens is 2240 g/mol. The van der Waals surface area contributed by atoms with Gasteiger partial charge in [0.05, 0.1) is 46.3 Å². The Bertz CT molecular complexity index is 5830. The van der Waals surface area contributed by atoms with Crippen LogP contribution in [0.5, 0.6) is 23.0 Å². The summed E-state index contributed by atoms with van der Waals surface area (Å²) in [4.78, 5) is 29.4. The molecule has 10 aromatic heterocycles. The number of pyridine rings is 2. The van der Waals surface area contributed by atoms with Gasteiger partial charge < -0.3 is 71.5 Å². The number of imidazole rings is 3. The molecule has 6 aromatic carbocycles. The van der Waals surface area contributed by atoms with Crippen LogP contribution in [0, 0.1) is 76.0 Å². The summed E-state index contributed by atoms with van der Waals surface area (Å²) in [5.74, 6) is 3.55. The van der Waals surface area contributed by atoms with E-state index >= 15 is 0 Å². The van der Waals surface area contributed by atoms with Gasteiger partial charge in [-0.25, -0.2) is 27.8 Å². The number of ether oxygens (including phenoxy) is 4. The second kappa shape index (κ2) is 44.5. The minimum atomic E-state index is -0.659. The molecule has 0 aliphatic heterocycles. The van der Waals surface area contributed by atoms with Crippen molar-refractivity contribution in [1.82, 2.24) is 57.5 Å². The number of benzene rings is 6. The molecule has 0 N–H and O–H groups in total. The first-order valence-corrected chi connectivity index (χ1v) is 38.0. The number of anilines is 2. The maximum absolute atomic E-state index is 13.5. The van der Waals surface area contributed by atoms with E-state index in [4.69, 9.17) is 18.9 Å². The Balaban J connectivity index is 0.000000195. The Kier molecular flexibility index (Phi) is 35.7. The number of rotatable bonds is 16. The molecule has 16 aromatic rings. The second-order valence-electron chi connectivity index (χ2n) is 26.9. The quantitative estimate of drug-likeness (QED) is 0.0847. The van der Waals surface area contributed by atoms with E-state index in [-0.39, 0.29) is 86.0 Å². The van der Waals surface area contributed by atoms with E-state index in [1.807, 2.05) is 213 Å². The van der Waals surface area contributed by atoms with Crippen molar-refractivity contribution in [2.24, 2.45) is 42.3 Å². The molecule has 0 atom stereocenters. The summed E-state index contributed by atoms with van der Waals surface area (Å²) in [6, 6.07) is 62.5. The van der Waals surface area contributed by atoms with E-state index in [0.717, 1.165) is 114 Å². The molecule has 16 rings (SSSR count). The largest absolute Gasteiger partial charge is 0.540 e. The smallest absolute Gasteiger partial charge is 0.121 e. The molecule has 0 saturated heterocycles. The number of aryl methyl sites for hydroxylation is 9. The van der Waals surface area contributed by atoms with Gasteiger partial charge in [0, 0.05) is 224 Å². The summed E-state index contributed by atoms with van der Waals surface area (Å²) in [5, 5.41) is 6.52. The van der Waals surface area contributed by atoms with E-state index in [0.29, 0.717) is 17.2 Å². The molecule has 0 unspecified atom stereocenters. The number of nitrogens with zero attached hydrogens (tertiary/aromatic N) is 14. The maximum Gasteiger partial charge on any atom is 0.121 e.